The number of hydrogen-bond acceptors (Lipinski definition) is 4. The number of aliphatic hydroxyl groups excluding tert-OH is 2. The van der Waals surface area contributed by atoms with Crippen LogP contribution in [-0.4, -0.2) is 34.5 Å². The molecule has 0 bridgehead atoms. The van der Waals surface area contributed by atoms with Crippen molar-refractivity contribution in [2.45, 2.75) is 70.2 Å². The molecule has 0 amide bonds. The summed E-state index contributed by atoms with van der Waals surface area (Å²) in [5.74, 6) is -0.378. The van der Waals surface area contributed by atoms with Crippen molar-refractivity contribution in [3.63, 3.8) is 0 Å². The molecule has 5 atom stereocenters. The highest BCUT2D eigenvalue weighted by atomic mass is 16.5. The van der Waals surface area contributed by atoms with Gasteiger partial charge in [0.2, 0.25) is 0 Å². The Kier molecular flexibility index (Phi) is 7.73. The van der Waals surface area contributed by atoms with Gasteiger partial charge in [-0.05, 0) is 38.5 Å². The normalized spacial score (nSPS) is 39.6. The van der Waals surface area contributed by atoms with Crippen molar-refractivity contribution in [1.82, 2.24) is 0 Å². The lowest BCUT2D eigenvalue weighted by molar-refractivity contribution is -0.153. The lowest BCUT2D eigenvalue weighted by atomic mass is 9.88. The fraction of sp³-hybridized carbons (Fsp3) is 0.650. The molecule has 134 valence electrons. The van der Waals surface area contributed by atoms with E-state index in [1.165, 1.54) is 0 Å². The molecule has 4 heteroatoms. The molecular formula is C20H30O4. The maximum Gasteiger partial charge on any atom is 0.306 e. The number of carbonyl (C=O) groups excluding carboxylic acids is 1. The second-order valence-corrected chi connectivity index (χ2v) is 6.71. The van der Waals surface area contributed by atoms with Gasteiger partial charge < -0.3 is 14.9 Å². The molecule has 0 spiro atoms. The fourth-order valence-electron chi connectivity index (χ4n) is 3.61. The van der Waals surface area contributed by atoms with E-state index in [1.54, 1.807) is 0 Å². The summed E-state index contributed by atoms with van der Waals surface area (Å²) in [6.07, 6.45) is 15.6. The molecule has 24 heavy (non-hydrogen) atoms. The van der Waals surface area contributed by atoms with Gasteiger partial charge in [-0.1, -0.05) is 43.4 Å². The summed E-state index contributed by atoms with van der Waals surface area (Å²) in [5.41, 5.74) is 0. The maximum atomic E-state index is 12.1. The molecular weight excluding hydrogens is 304 g/mol. The number of fused-ring (bicyclic) bond motifs is 1. The molecule has 0 saturated heterocycles. The summed E-state index contributed by atoms with van der Waals surface area (Å²) in [6.45, 7) is 1.99. The minimum atomic E-state index is -0.787. The molecule has 0 aromatic carbocycles. The van der Waals surface area contributed by atoms with E-state index in [2.05, 4.69) is 24.3 Å². The predicted molar refractivity (Wildman–Crippen MR) is 94.3 cm³/mol. The molecule has 2 N–H and O–H groups in total. The Morgan fingerprint density at radius 3 is 2.58 bits per heavy atom. The van der Waals surface area contributed by atoms with Crippen LogP contribution in [0.15, 0.2) is 36.5 Å². The summed E-state index contributed by atoms with van der Waals surface area (Å²) in [7, 11) is 0. The number of ether oxygens (including phenoxy) is 1. The van der Waals surface area contributed by atoms with Crippen molar-refractivity contribution in [1.29, 1.82) is 0 Å². The van der Waals surface area contributed by atoms with Crippen molar-refractivity contribution in [3.05, 3.63) is 36.5 Å². The summed E-state index contributed by atoms with van der Waals surface area (Å²) < 4.78 is 5.68. The second-order valence-electron chi connectivity index (χ2n) is 6.71. The zero-order valence-corrected chi connectivity index (χ0v) is 14.5. The van der Waals surface area contributed by atoms with Crippen LogP contribution < -0.4 is 0 Å². The standard InChI is InChI=1S/C20H30O4/c1-2-18-16-14-17(21)20(23)15(16)12-10-8-6-4-3-5-7-9-11-13-19(22)24-18/h4-7,10,12,15-18,20-21,23H,2-3,8-9,11,13-14H2,1H3/b6-4-,7-5-,12-10-/t15-,16+,17+,18-,20+/m1/s1. The number of carbonyl (C=O) groups is 1. The highest BCUT2D eigenvalue weighted by Gasteiger charge is 2.44. The van der Waals surface area contributed by atoms with E-state index in [0.717, 1.165) is 25.7 Å². The smallest absolute Gasteiger partial charge is 0.306 e. The Hall–Kier alpha value is -1.39. The number of esters is 1. The van der Waals surface area contributed by atoms with Crippen molar-refractivity contribution < 1.29 is 19.7 Å². The lowest BCUT2D eigenvalue weighted by Gasteiger charge is -2.27. The van der Waals surface area contributed by atoms with Crippen LogP contribution in [0.3, 0.4) is 0 Å². The zero-order chi connectivity index (χ0) is 17.4. The largest absolute Gasteiger partial charge is 0.462 e. The van der Waals surface area contributed by atoms with Gasteiger partial charge in [-0.25, -0.2) is 0 Å². The van der Waals surface area contributed by atoms with Gasteiger partial charge in [0.25, 0.3) is 0 Å². The van der Waals surface area contributed by atoms with Gasteiger partial charge in [-0.15, -0.1) is 0 Å². The van der Waals surface area contributed by atoms with E-state index in [9.17, 15) is 15.0 Å². The van der Waals surface area contributed by atoms with Gasteiger partial charge in [0.05, 0.1) is 12.2 Å². The Bertz CT molecular complexity index is 480. The zero-order valence-electron chi connectivity index (χ0n) is 14.5. The third-order valence-electron chi connectivity index (χ3n) is 4.95. The van der Waals surface area contributed by atoms with E-state index in [0.29, 0.717) is 19.3 Å². The molecule has 0 unspecified atom stereocenters. The minimum absolute atomic E-state index is 0.0306. The second kappa shape index (κ2) is 9.80. The van der Waals surface area contributed by atoms with Crippen LogP contribution in [0.5, 0.6) is 0 Å². The first kappa shape index (κ1) is 18.9. The van der Waals surface area contributed by atoms with Crippen molar-refractivity contribution in [2.24, 2.45) is 11.8 Å². The van der Waals surface area contributed by atoms with Crippen LogP contribution in [-0.2, 0) is 9.53 Å². The average molecular weight is 334 g/mol. The van der Waals surface area contributed by atoms with Crippen molar-refractivity contribution in [2.75, 3.05) is 0 Å². The summed E-state index contributed by atoms with van der Waals surface area (Å²) in [5, 5.41) is 20.4. The predicted octanol–water partition coefficient (Wildman–Crippen LogP) is 3.30. The van der Waals surface area contributed by atoms with Gasteiger partial charge >= 0.3 is 5.97 Å². The molecule has 1 saturated carbocycles. The van der Waals surface area contributed by atoms with E-state index < -0.39 is 12.2 Å². The summed E-state index contributed by atoms with van der Waals surface area (Å²) in [4.78, 5) is 12.1. The highest BCUT2D eigenvalue weighted by molar-refractivity contribution is 5.69. The van der Waals surface area contributed by atoms with E-state index in [-0.39, 0.29) is 23.9 Å². The molecule has 4 nitrogen and oxygen atoms in total. The first-order valence-electron chi connectivity index (χ1n) is 9.15. The molecule has 2 rings (SSSR count). The quantitative estimate of drug-likeness (QED) is 0.570. The van der Waals surface area contributed by atoms with Gasteiger partial charge in [-0.2, -0.15) is 0 Å². The topological polar surface area (TPSA) is 66.8 Å². The van der Waals surface area contributed by atoms with E-state index in [1.807, 2.05) is 19.1 Å². The number of rotatable bonds is 1. The van der Waals surface area contributed by atoms with Crippen LogP contribution in [0.4, 0.5) is 0 Å². The Morgan fingerprint density at radius 2 is 1.83 bits per heavy atom. The molecule has 0 aromatic heterocycles. The Labute approximate surface area is 144 Å². The first-order chi connectivity index (χ1) is 11.6. The fourth-order valence-corrected chi connectivity index (χ4v) is 3.61. The number of hydrogen-bond donors (Lipinski definition) is 2. The third kappa shape index (κ3) is 5.32. The van der Waals surface area contributed by atoms with Gasteiger partial charge in [-0.3, -0.25) is 4.79 Å². The third-order valence-corrected chi connectivity index (χ3v) is 4.95. The maximum absolute atomic E-state index is 12.1. The van der Waals surface area contributed by atoms with Gasteiger partial charge in [0, 0.05) is 18.3 Å². The summed E-state index contributed by atoms with van der Waals surface area (Å²) in [6, 6.07) is 0. The molecule has 0 radical (unpaired) electrons. The Balaban J connectivity index is 2.14. The molecule has 1 fully saturated rings. The molecule has 1 aliphatic heterocycles. The molecule has 1 aliphatic carbocycles. The van der Waals surface area contributed by atoms with Crippen LogP contribution in [0.1, 0.15) is 51.9 Å². The van der Waals surface area contributed by atoms with Crippen LogP contribution in [0, 0.1) is 11.8 Å². The monoisotopic (exact) mass is 334 g/mol. The molecule has 1 heterocycles. The van der Waals surface area contributed by atoms with Gasteiger partial charge in [0.1, 0.15) is 6.10 Å². The highest BCUT2D eigenvalue weighted by Crippen LogP contribution is 2.38. The first-order valence-corrected chi connectivity index (χ1v) is 9.15. The number of cyclic esters (lactones) is 1. The van der Waals surface area contributed by atoms with Crippen molar-refractivity contribution >= 4 is 5.97 Å². The van der Waals surface area contributed by atoms with Crippen LogP contribution >= 0.6 is 0 Å². The summed E-state index contributed by atoms with van der Waals surface area (Å²) >= 11 is 0. The lowest BCUT2D eigenvalue weighted by Crippen LogP contribution is -2.31. The van der Waals surface area contributed by atoms with Crippen LogP contribution in [0.25, 0.3) is 0 Å². The average Bonchev–Trinajstić information content (AvgIpc) is 2.84. The minimum Gasteiger partial charge on any atom is -0.462 e. The number of aliphatic hydroxyl groups is 2. The molecule has 0 aromatic rings. The van der Waals surface area contributed by atoms with Crippen molar-refractivity contribution in [3.8, 4) is 0 Å². The van der Waals surface area contributed by atoms with E-state index in [4.69, 9.17) is 4.74 Å². The van der Waals surface area contributed by atoms with Gasteiger partial charge in [0.15, 0.2) is 0 Å². The van der Waals surface area contributed by atoms with E-state index >= 15 is 0 Å². The van der Waals surface area contributed by atoms with Crippen LogP contribution in [0.2, 0.25) is 0 Å². The number of allylic oxidation sites excluding steroid dienone is 5. The molecule has 2 aliphatic rings. The SMILES string of the molecule is CC[C@H]1OC(=O)CCC/C=C\C/C=C\C/C=C\[C@H]2[C@H](O)[C@@H](O)C[C@@H]21. The Morgan fingerprint density at radius 1 is 1.12 bits per heavy atom.